The molecule has 2 aromatic rings. The minimum absolute atomic E-state index is 0.0314. The second kappa shape index (κ2) is 7.12. The zero-order chi connectivity index (χ0) is 17.9. The summed E-state index contributed by atoms with van der Waals surface area (Å²) in [6, 6.07) is 10.3. The van der Waals surface area contributed by atoms with Crippen molar-refractivity contribution in [2.45, 2.75) is 33.8 Å². The van der Waals surface area contributed by atoms with Crippen LogP contribution in [0.2, 0.25) is 0 Å². The summed E-state index contributed by atoms with van der Waals surface area (Å²) in [6.45, 7) is 7.08. The number of amides is 1. The number of anilines is 1. The van der Waals surface area contributed by atoms with Crippen molar-refractivity contribution in [3.63, 3.8) is 0 Å². The van der Waals surface area contributed by atoms with Crippen LogP contribution in [0.25, 0.3) is 0 Å². The molecule has 0 heterocycles. The van der Waals surface area contributed by atoms with Gasteiger partial charge in [-0.1, -0.05) is 24.3 Å². The van der Waals surface area contributed by atoms with Crippen LogP contribution in [0.1, 0.15) is 23.6 Å². The Morgan fingerprint density at radius 1 is 1.12 bits per heavy atom. The lowest BCUT2D eigenvalue weighted by atomic mass is 10.1. The summed E-state index contributed by atoms with van der Waals surface area (Å²) < 4.78 is 5.78. The number of benzene rings is 2. The van der Waals surface area contributed by atoms with Gasteiger partial charge in [-0.25, -0.2) is 0 Å². The van der Waals surface area contributed by atoms with Crippen molar-refractivity contribution in [1.29, 1.82) is 0 Å². The SMILES string of the molecule is Cc1cccc(C)c1O[C@H](C)C(=O)Nc1cccc([N+](=O)[O-])c1C. The number of hydrogen-bond acceptors (Lipinski definition) is 4. The molecule has 2 aromatic carbocycles. The highest BCUT2D eigenvalue weighted by atomic mass is 16.6. The number of para-hydroxylation sites is 1. The largest absolute Gasteiger partial charge is 0.480 e. The smallest absolute Gasteiger partial charge is 0.274 e. The zero-order valence-electron chi connectivity index (χ0n) is 14.1. The van der Waals surface area contributed by atoms with Crippen molar-refractivity contribution in [2.75, 3.05) is 5.32 Å². The molecule has 0 spiro atoms. The van der Waals surface area contributed by atoms with Crippen molar-refractivity contribution in [1.82, 2.24) is 0 Å². The molecule has 0 unspecified atom stereocenters. The molecule has 0 fully saturated rings. The van der Waals surface area contributed by atoms with Crippen LogP contribution >= 0.6 is 0 Å². The first-order valence-corrected chi connectivity index (χ1v) is 7.59. The number of nitrogens with zero attached hydrogens (tertiary/aromatic N) is 1. The minimum atomic E-state index is -0.733. The summed E-state index contributed by atoms with van der Waals surface area (Å²) in [5.41, 5.74) is 2.68. The van der Waals surface area contributed by atoms with E-state index < -0.39 is 11.0 Å². The summed E-state index contributed by atoms with van der Waals surface area (Å²) in [7, 11) is 0. The highest BCUT2D eigenvalue weighted by Crippen LogP contribution is 2.26. The maximum absolute atomic E-state index is 12.4. The molecule has 0 aliphatic rings. The Hall–Kier alpha value is -2.89. The molecular formula is C18H20N2O4. The minimum Gasteiger partial charge on any atom is -0.480 e. The van der Waals surface area contributed by atoms with E-state index in [4.69, 9.17) is 4.74 Å². The number of ether oxygens (including phenoxy) is 1. The van der Waals surface area contributed by atoms with Crippen molar-refractivity contribution in [3.05, 3.63) is 63.2 Å². The number of rotatable bonds is 5. The van der Waals surface area contributed by atoms with E-state index >= 15 is 0 Å². The number of carbonyl (C=O) groups is 1. The molecule has 0 bridgehead atoms. The van der Waals surface area contributed by atoms with Crippen LogP contribution in [0.4, 0.5) is 11.4 Å². The predicted octanol–water partition coefficient (Wildman–Crippen LogP) is 3.93. The number of nitro benzene ring substituents is 1. The summed E-state index contributed by atoms with van der Waals surface area (Å²) in [5, 5.41) is 13.7. The zero-order valence-corrected chi connectivity index (χ0v) is 14.1. The topological polar surface area (TPSA) is 81.5 Å². The highest BCUT2D eigenvalue weighted by molar-refractivity contribution is 5.95. The van der Waals surface area contributed by atoms with E-state index in [9.17, 15) is 14.9 Å². The lowest BCUT2D eigenvalue weighted by Gasteiger charge is -2.18. The average Bonchev–Trinajstić information content (AvgIpc) is 2.52. The number of nitro groups is 1. The van der Waals surface area contributed by atoms with Crippen molar-refractivity contribution in [3.8, 4) is 5.75 Å². The molecule has 0 radical (unpaired) electrons. The molecule has 0 aliphatic heterocycles. The average molecular weight is 328 g/mol. The Kier molecular flexibility index (Phi) is 5.18. The third-order valence-electron chi connectivity index (χ3n) is 3.83. The normalized spacial score (nSPS) is 11.7. The Morgan fingerprint density at radius 3 is 2.29 bits per heavy atom. The molecule has 2 rings (SSSR count). The van der Waals surface area contributed by atoms with Crippen LogP contribution in [-0.4, -0.2) is 16.9 Å². The number of nitrogens with one attached hydrogen (secondary N) is 1. The Bertz CT molecular complexity index is 766. The third-order valence-corrected chi connectivity index (χ3v) is 3.83. The van der Waals surface area contributed by atoms with Crippen LogP contribution < -0.4 is 10.1 Å². The first-order valence-electron chi connectivity index (χ1n) is 7.59. The van der Waals surface area contributed by atoms with Gasteiger partial charge in [0.25, 0.3) is 11.6 Å². The first-order chi connectivity index (χ1) is 11.3. The molecular weight excluding hydrogens is 308 g/mol. The molecule has 0 saturated carbocycles. The van der Waals surface area contributed by atoms with Gasteiger partial charge in [-0.2, -0.15) is 0 Å². The molecule has 6 nitrogen and oxygen atoms in total. The van der Waals surface area contributed by atoms with Gasteiger partial charge < -0.3 is 10.1 Å². The van der Waals surface area contributed by atoms with Crippen molar-refractivity contribution in [2.24, 2.45) is 0 Å². The second-order valence-electron chi connectivity index (χ2n) is 5.68. The van der Waals surface area contributed by atoms with E-state index in [1.165, 1.54) is 12.1 Å². The van der Waals surface area contributed by atoms with Gasteiger partial charge in [0.2, 0.25) is 0 Å². The van der Waals surface area contributed by atoms with Crippen LogP contribution in [-0.2, 0) is 4.79 Å². The maximum Gasteiger partial charge on any atom is 0.274 e. The highest BCUT2D eigenvalue weighted by Gasteiger charge is 2.20. The molecule has 126 valence electrons. The molecule has 1 atom stereocenters. The molecule has 6 heteroatoms. The fourth-order valence-corrected chi connectivity index (χ4v) is 2.41. The summed E-state index contributed by atoms with van der Waals surface area (Å²) in [5.74, 6) is 0.317. The number of carbonyl (C=O) groups excluding carboxylic acids is 1. The van der Waals surface area contributed by atoms with Gasteiger partial charge in [0.05, 0.1) is 16.2 Å². The summed E-state index contributed by atoms with van der Waals surface area (Å²) >= 11 is 0. The molecule has 0 saturated heterocycles. The lowest BCUT2D eigenvalue weighted by Crippen LogP contribution is -2.30. The quantitative estimate of drug-likeness (QED) is 0.666. The molecule has 1 N–H and O–H groups in total. The monoisotopic (exact) mass is 328 g/mol. The Morgan fingerprint density at radius 2 is 1.71 bits per heavy atom. The van der Waals surface area contributed by atoms with Crippen molar-refractivity contribution < 1.29 is 14.5 Å². The summed E-state index contributed by atoms with van der Waals surface area (Å²) in [4.78, 5) is 22.9. The van der Waals surface area contributed by atoms with E-state index in [1.807, 2.05) is 32.0 Å². The molecule has 24 heavy (non-hydrogen) atoms. The van der Waals surface area contributed by atoms with E-state index in [1.54, 1.807) is 19.9 Å². The Balaban J connectivity index is 2.15. The van der Waals surface area contributed by atoms with E-state index in [-0.39, 0.29) is 11.6 Å². The van der Waals surface area contributed by atoms with Gasteiger partial charge in [-0.3, -0.25) is 14.9 Å². The van der Waals surface area contributed by atoms with Gasteiger partial charge in [-0.05, 0) is 44.9 Å². The standard InChI is InChI=1S/C18H20N2O4/c1-11-7-5-8-12(2)17(11)24-14(4)18(21)19-15-9-6-10-16(13(15)3)20(22)23/h5-10,14H,1-4H3,(H,19,21)/t14-/m1/s1. The van der Waals surface area contributed by atoms with Crippen LogP contribution in [0.15, 0.2) is 36.4 Å². The predicted molar refractivity (Wildman–Crippen MR) is 92.5 cm³/mol. The fraction of sp³-hybridized carbons (Fsp3) is 0.278. The molecule has 0 aliphatic carbocycles. The van der Waals surface area contributed by atoms with Gasteiger partial charge in [0, 0.05) is 6.07 Å². The van der Waals surface area contributed by atoms with Gasteiger partial charge in [0.15, 0.2) is 6.10 Å². The van der Waals surface area contributed by atoms with Crippen molar-refractivity contribution >= 4 is 17.3 Å². The van der Waals surface area contributed by atoms with Crippen LogP contribution in [0.5, 0.6) is 5.75 Å². The first kappa shape index (κ1) is 17.5. The maximum atomic E-state index is 12.4. The summed E-state index contributed by atoms with van der Waals surface area (Å²) in [6.07, 6.45) is -0.733. The third kappa shape index (κ3) is 3.71. The van der Waals surface area contributed by atoms with Gasteiger partial charge >= 0.3 is 0 Å². The van der Waals surface area contributed by atoms with E-state index in [0.29, 0.717) is 17.0 Å². The molecule has 0 aromatic heterocycles. The van der Waals surface area contributed by atoms with E-state index in [2.05, 4.69) is 5.32 Å². The lowest BCUT2D eigenvalue weighted by molar-refractivity contribution is -0.385. The van der Waals surface area contributed by atoms with Crippen LogP contribution in [0, 0.1) is 30.9 Å². The number of aryl methyl sites for hydroxylation is 2. The fourth-order valence-electron chi connectivity index (χ4n) is 2.41. The van der Waals surface area contributed by atoms with E-state index in [0.717, 1.165) is 11.1 Å². The van der Waals surface area contributed by atoms with Gasteiger partial charge in [-0.15, -0.1) is 0 Å². The number of hydrogen-bond donors (Lipinski definition) is 1. The van der Waals surface area contributed by atoms with Crippen LogP contribution in [0.3, 0.4) is 0 Å². The Labute approximate surface area is 140 Å². The van der Waals surface area contributed by atoms with Gasteiger partial charge in [0.1, 0.15) is 5.75 Å². The molecule has 1 amide bonds. The second-order valence-corrected chi connectivity index (χ2v) is 5.68.